The molecule has 1 aliphatic heterocycles. The fourth-order valence-electron chi connectivity index (χ4n) is 1.22. The molecule has 0 bridgehead atoms. The van der Waals surface area contributed by atoms with Crippen LogP contribution in [0.25, 0.3) is 0 Å². The van der Waals surface area contributed by atoms with Gasteiger partial charge in [0.15, 0.2) is 6.54 Å². The van der Waals surface area contributed by atoms with Crippen LogP contribution < -0.4 is 10.3 Å². The summed E-state index contributed by atoms with van der Waals surface area (Å²) in [4.78, 5) is 26.0. The molecule has 0 aliphatic carbocycles. The maximum Gasteiger partial charge on any atom is 0.336 e. The van der Waals surface area contributed by atoms with Gasteiger partial charge in [-0.05, 0) is 6.92 Å². The first kappa shape index (κ1) is 10.5. The number of nitrogens with one attached hydrogen (secondary N) is 2. The summed E-state index contributed by atoms with van der Waals surface area (Å²) in [7, 11) is 1.60. The molecule has 1 amide bonds. The molecule has 1 radical (unpaired) electrons. The second kappa shape index (κ2) is 4.08. The Labute approximate surface area is 81.6 Å². The van der Waals surface area contributed by atoms with Gasteiger partial charge >= 0.3 is 17.7 Å². The van der Waals surface area contributed by atoms with Crippen molar-refractivity contribution >= 4 is 17.7 Å². The second-order valence-corrected chi connectivity index (χ2v) is 3.00. The standard InChI is InChI=1S/C8H12N3O3/c1-5-3-10-7(9-2)8(14)11(5)4-6(12)13/h3,5H,4H2,1-2H3,(H,9,10)(H,12,13)/p+1. The molecular formula is C8H13N3O3+. The number of nitrogens with zero attached hydrogens (tertiary/aromatic N) is 1. The Kier molecular flexibility index (Phi) is 3.06. The normalized spacial score (nSPS) is 25.0. The molecule has 0 aromatic carbocycles. The predicted molar refractivity (Wildman–Crippen MR) is 48.1 cm³/mol. The number of rotatable bonds is 2. The monoisotopic (exact) mass is 199 g/mol. The summed E-state index contributed by atoms with van der Waals surface area (Å²) in [6, 6.07) is -0.226. The van der Waals surface area contributed by atoms with Crippen molar-refractivity contribution in [3.05, 3.63) is 6.54 Å². The number of amidine groups is 1. The van der Waals surface area contributed by atoms with Gasteiger partial charge in [0.05, 0.1) is 13.1 Å². The molecule has 1 atom stereocenters. The Morgan fingerprint density at radius 3 is 2.93 bits per heavy atom. The molecule has 77 valence electrons. The fraction of sp³-hybridized carbons (Fsp3) is 0.500. The van der Waals surface area contributed by atoms with E-state index in [9.17, 15) is 9.59 Å². The van der Waals surface area contributed by atoms with E-state index in [0.29, 0.717) is 5.84 Å². The van der Waals surface area contributed by atoms with E-state index in [1.807, 2.05) is 0 Å². The topological polar surface area (TPSA) is 83.6 Å². The van der Waals surface area contributed by atoms with E-state index < -0.39 is 5.97 Å². The van der Waals surface area contributed by atoms with Gasteiger partial charge in [0.2, 0.25) is 0 Å². The molecule has 6 heteroatoms. The summed E-state index contributed by atoms with van der Waals surface area (Å²) in [5.41, 5.74) is 0. The number of hydrogen-bond acceptors (Lipinski definition) is 2. The number of carboxylic acids is 1. The van der Waals surface area contributed by atoms with Crippen LogP contribution in [0.2, 0.25) is 0 Å². The Balaban J connectivity index is 2.78. The number of carbonyl (C=O) groups is 2. The lowest BCUT2D eigenvalue weighted by Crippen LogP contribution is -2.77. The molecule has 1 aliphatic rings. The smallest absolute Gasteiger partial charge is 0.336 e. The molecule has 1 unspecified atom stereocenters. The van der Waals surface area contributed by atoms with Crippen molar-refractivity contribution in [1.82, 2.24) is 10.2 Å². The first-order valence-electron chi connectivity index (χ1n) is 4.23. The molecule has 14 heavy (non-hydrogen) atoms. The Bertz CT molecular complexity index is 288. The van der Waals surface area contributed by atoms with E-state index in [1.54, 1.807) is 20.5 Å². The number of hydrogen-bond donors (Lipinski definition) is 3. The summed E-state index contributed by atoms with van der Waals surface area (Å²) < 4.78 is 0. The molecule has 6 nitrogen and oxygen atoms in total. The third kappa shape index (κ3) is 2.01. The van der Waals surface area contributed by atoms with E-state index in [0.717, 1.165) is 0 Å². The number of carboxylic acid groups (broad SMARTS) is 1. The lowest BCUT2D eigenvalue weighted by Gasteiger charge is -2.28. The lowest BCUT2D eigenvalue weighted by atomic mass is 10.2. The van der Waals surface area contributed by atoms with Gasteiger partial charge in [0.1, 0.15) is 6.54 Å². The van der Waals surface area contributed by atoms with E-state index in [2.05, 4.69) is 10.3 Å². The van der Waals surface area contributed by atoms with Crippen LogP contribution in [0.4, 0.5) is 0 Å². The fourth-order valence-corrected chi connectivity index (χ4v) is 1.22. The van der Waals surface area contributed by atoms with Crippen LogP contribution in [0.3, 0.4) is 0 Å². The van der Waals surface area contributed by atoms with Gasteiger partial charge in [0, 0.05) is 0 Å². The molecule has 1 rings (SSSR count). The molecule has 3 N–H and O–H groups in total. The highest BCUT2D eigenvalue weighted by Gasteiger charge is 2.35. The van der Waals surface area contributed by atoms with E-state index in [1.165, 1.54) is 4.90 Å². The van der Waals surface area contributed by atoms with Crippen molar-refractivity contribution in [2.24, 2.45) is 0 Å². The zero-order valence-electron chi connectivity index (χ0n) is 8.07. The minimum atomic E-state index is -1.02. The van der Waals surface area contributed by atoms with E-state index in [-0.39, 0.29) is 18.5 Å². The van der Waals surface area contributed by atoms with Gasteiger partial charge in [-0.15, -0.1) is 0 Å². The summed E-state index contributed by atoms with van der Waals surface area (Å²) in [5, 5.41) is 11.4. The minimum Gasteiger partial charge on any atom is -0.480 e. The third-order valence-electron chi connectivity index (χ3n) is 1.99. The van der Waals surface area contributed by atoms with E-state index in [4.69, 9.17) is 5.11 Å². The highest BCUT2D eigenvalue weighted by atomic mass is 16.4. The highest BCUT2D eigenvalue weighted by Crippen LogP contribution is 2.05. The zero-order valence-corrected chi connectivity index (χ0v) is 8.07. The number of amides is 1. The van der Waals surface area contributed by atoms with Gasteiger partial charge in [-0.2, -0.15) is 0 Å². The van der Waals surface area contributed by atoms with Crippen molar-refractivity contribution in [2.45, 2.75) is 13.0 Å². The average Bonchev–Trinajstić information content (AvgIpc) is 2.12. The largest absolute Gasteiger partial charge is 0.480 e. The molecule has 0 spiro atoms. The van der Waals surface area contributed by atoms with Crippen LogP contribution in [0, 0.1) is 6.54 Å². The Morgan fingerprint density at radius 2 is 2.43 bits per heavy atom. The quantitative estimate of drug-likeness (QED) is 0.447. The first-order chi connectivity index (χ1) is 6.56. The summed E-state index contributed by atoms with van der Waals surface area (Å²) >= 11 is 0. The van der Waals surface area contributed by atoms with Crippen LogP contribution in [0.5, 0.6) is 0 Å². The molecule has 1 saturated heterocycles. The van der Waals surface area contributed by atoms with Gasteiger partial charge in [-0.25, -0.2) is 0 Å². The average molecular weight is 199 g/mol. The molecule has 1 fully saturated rings. The van der Waals surface area contributed by atoms with Crippen LogP contribution in [0.15, 0.2) is 0 Å². The van der Waals surface area contributed by atoms with Crippen LogP contribution in [0.1, 0.15) is 6.92 Å². The number of aliphatic carboxylic acids is 1. The third-order valence-corrected chi connectivity index (χ3v) is 1.99. The Hall–Kier alpha value is -1.59. The molecule has 0 aromatic rings. The minimum absolute atomic E-state index is 0.226. The van der Waals surface area contributed by atoms with Gasteiger partial charge in [-0.3, -0.25) is 19.9 Å². The summed E-state index contributed by atoms with van der Waals surface area (Å²) in [6.45, 7) is 3.12. The van der Waals surface area contributed by atoms with Crippen LogP contribution >= 0.6 is 0 Å². The van der Waals surface area contributed by atoms with Crippen molar-refractivity contribution in [2.75, 3.05) is 13.6 Å². The van der Waals surface area contributed by atoms with Gasteiger partial charge in [0.25, 0.3) is 0 Å². The van der Waals surface area contributed by atoms with Crippen LogP contribution in [-0.4, -0.2) is 47.4 Å². The zero-order chi connectivity index (χ0) is 10.7. The van der Waals surface area contributed by atoms with Crippen molar-refractivity contribution in [3.8, 4) is 0 Å². The van der Waals surface area contributed by atoms with Gasteiger partial charge in [-0.1, -0.05) is 0 Å². The molecule has 0 saturated carbocycles. The summed E-state index contributed by atoms with van der Waals surface area (Å²) in [5.74, 6) is -1.05. The highest BCUT2D eigenvalue weighted by molar-refractivity contribution is 6.36. The molecule has 1 heterocycles. The lowest BCUT2D eigenvalue weighted by molar-refractivity contribution is -0.421. The SMILES string of the molecule is C[NH+]=C1N[CH]C(C)N(CC(=O)O)C1=O. The van der Waals surface area contributed by atoms with Crippen LogP contribution in [-0.2, 0) is 9.59 Å². The predicted octanol–water partition coefficient (Wildman–Crippen LogP) is -2.84. The first-order valence-corrected chi connectivity index (χ1v) is 4.23. The summed E-state index contributed by atoms with van der Waals surface area (Å²) in [6.07, 6.45) is 0. The molecular weight excluding hydrogens is 186 g/mol. The Morgan fingerprint density at radius 1 is 1.79 bits per heavy atom. The maximum absolute atomic E-state index is 11.6. The van der Waals surface area contributed by atoms with E-state index >= 15 is 0 Å². The maximum atomic E-state index is 11.6. The van der Waals surface area contributed by atoms with Crippen molar-refractivity contribution in [3.63, 3.8) is 0 Å². The van der Waals surface area contributed by atoms with Gasteiger partial charge < -0.3 is 10.0 Å². The van der Waals surface area contributed by atoms with Crippen molar-refractivity contribution in [1.29, 1.82) is 0 Å². The van der Waals surface area contributed by atoms with Crippen molar-refractivity contribution < 1.29 is 19.7 Å². The second-order valence-electron chi connectivity index (χ2n) is 3.00. The number of piperazine rings is 1. The number of carbonyl (C=O) groups excluding carboxylic acids is 1. The molecule has 0 aromatic heterocycles.